The second-order valence-corrected chi connectivity index (χ2v) is 5.32. The van der Waals surface area contributed by atoms with Crippen molar-refractivity contribution >= 4 is 28.4 Å². The maximum absolute atomic E-state index is 12.0. The lowest BCUT2D eigenvalue weighted by atomic mass is 10.2. The Kier molecular flexibility index (Phi) is 4.74. The Morgan fingerprint density at radius 2 is 1.91 bits per heavy atom. The third-order valence-corrected chi connectivity index (χ3v) is 3.69. The van der Waals surface area contributed by atoms with E-state index in [0.717, 1.165) is 10.9 Å². The second kappa shape index (κ2) is 7.11. The van der Waals surface area contributed by atoms with E-state index in [1.807, 2.05) is 30.3 Å². The van der Waals surface area contributed by atoms with E-state index in [-0.39, 0.29) is 5.91 Å². The number of pyridine rings is 1. The lowest BCUT2D eigenvalue weighted by molar-refractivity contribution is 0.0947. The molecule has 0 unspecified atom stereocenters. The van der Waals surface area contributed by atoms with E-state index < -0.39 is 0 Å². The average molecular weight is 327 g/mol. The van der Waals surface area contributed by atoms with Gasteiger partial charge in [-0.2, -0.15) is 0 Å². The van der Waals surface area contributed by atoms with E-state index in [2.05, 4.69) is 10.3 Å². The number of halogens is 1. The van der Waals surface area contributed by atoms with Crippen molar-refractivity contribution in [2.75, 3.05) is 13.2 Å². The number of fused-ring (bicyclic) bond motifs is 1. The molecule has 1 N–H and O–H groups in total. The molecule has 0 radical (unpaired) electrons. The lowest BCUT2D eigenvalue weighted by Gasteiger charge is -2.10. The third kappa shape index (κ3) is 3.60. The number of nitrogens with zero attached hydrogens (tertiary/aromatic N) is 1. The molecule has 3 rings (SSSR count). The van der Waals surface area contributed by atoms with Crippen LogP contribution in [0.5, 0.6) is 5.75 Å². The molecule has 4 nitrogen and oxygen atoms in total. The number of amides is 1. The minimum Gasteiger partial charge on any atom is -0.489 e. The van der Waals surface area contributed by atoms with Crippen molar-refractivity contribution in [3.8, 4) is 5.75 Å². The first kappa shape index (κ1) is 15.3. The minimum absolute atomic E-state index is 0.213. The first-order valence-electron chi connectivity index (χ1n) is 7.25. The molecule has 1 amide bonds. The van der Waals surface area contributed by atoms with Gasteiger partial charge < -0.3 is 10.1 Å². The average Bonchev–Trinajstić information content (AvgIpc) is 2.59. The number of hydrogen-bond donors (Lipinski definition) is 1. The van der Waals surface area contributed by atoms with E-state index in [0.29, 0.717) is 29.5 Å². The SMILES string of the molecule is O=C(NCCOc1cccc2cccnc12)c1ccccc1Cl. The van der Waals surface area contributed by atoms with Crippen molar-refractivity contribution in [1.82, 2.24) is 10.3 Å². The molecule has 0 aliphatic rings. The van der Waals surface area contributed by atoms with E-state index in [4.69, 9.17) is 16.3 Å². The van der Waals surface area contributed by atoms with E-state index in [1.54, 1.807) is 30.5 Å². The van der Waals surface area contributed by atoms with Gasteiger partial charge in [0.2, 0.25) is 0 Å². The molecule has 2 aromatic carbocycles. The maximum atomic E-state index is 12.0. The van der Waals surface area contributed by atoms with E-state index in [1.165, 1.54) is 0 Å². The molecule has 116 valence electrons. The van der Waals surface area contributed by atoms with Crippen molar-refractivity contribution in [2.24, 2.45) is 0 Å². The van der Waals surface area contributed by atoms with Crippen molar-refractivity contribution < 1.29 is 9.53 Å². The van der Waals surface area contributed by atoms with Crippen LogP contribution in [0.3, 0.4) is 0 Å². The highest BCUT2D eigenvalue weighted by Crippen LogP contribution is 2.22. The normalized spacial score (nSPS) is 10.5. The van der Waals surface area contributed by atoms with Gasteiger partial charge in [0.25, 0.3) is 5.91 Å². The summed E-state index contributed by atoms with van der Waals surface area (Å²) in [5, 5.41) is 4.24. The molecule has 1 aromatic heterocycles. The van der Waals surface area contributed by atoms with Gasteiger partial charge in [-0.25, -0.2) is 0 Å². The van der Waals surface area contributed by atoms with Gasteiger partial charge in [0.15, 0.2) is 0 Å². The molecule has 3 aromatic rings. The Hall–Kier alpha value is -2.59. The number of rotatable bonds is 5. The van der Waals surface area contributed by atoms with Crippen LogP contribution in [0.25, 0.3) is 10.9 Å². The van der Waals surface area contributed by atoms with Crippen molar-refractivity contribution in [1.29, 1.82) is 0 Å². The predicted molar refractivity (Wildman–Crippen MR) is 91.0 cm³/mol. The number of carbonyl (C=O) groups excluding carboxylic acids is 1. The molecule has 0 aliphatic heterocycles. The quantitative estimate of drug-likeness (QED) is 0.727. The fourth-order valence-electron chi connectivity index (χ4n) is 2.26. The number of benzene rings is 2. The van der Waals surface area contributed by atoms with Crippen LogP contribution in [0.15, 0.2) is 60.8 Å². The summed E-state index contributed by atoms with van der Waals surface area (Å²) in [6, 6.07) is 16.6. The van der Waals surface area contributed by atoms with E-state index in [9.17, 15) is 4.79 Å². The third-order valence-electron chi connectivity index (χ3n) is 3.36. The first-order valence-corrected chi connectivity index (χ1v) is 7.63. The zero-order valence-corrected chi connectivity index (χ0v) is 13.1. The zero-order valence-electron chi connectivity index (χ0n) is 12.3. The first-order chi connectivity index (χ1) is 11.3. The zero-order chi connectivity index (χ0) is 16.1. The summed E-state index contributed by atoms with van der Waals surface area (Å²) in [4.78, 5) is 16.4. The van der Waals surface area contributed by atoms with Crippen LogP contribution >= 0.6 is 11.6 Å². The highest BCUT2D eigenvalue weighted by Gasteiger charge is 2.09. The smallest absolute Gasteiger partial charge is 0.252 e. The molecular formula is C18H15ClN2O2. The van der Waals surface area contributed by atoms with Gasteiger partial charge in [-0.3, -0.25) is 9.78 Å². The van der Waals surface area contributed by atoms with Gasteiger partial charge in [0, 0.05) is 11.6 Å². The van der Waals surface area contributed by atoms with Gasteiger partial charge in [-0.1, -0.05) is 41.9 Å². The Bertz CT molecular complexity index is 831. The molecule has 0 atom stereocenters. The highest BCUT2D eigenvalue weighted by atomic mass is 35.5. The number of nitrogens with one attached hydrogen (secondary N) is 1. The Labute approximate surface area is 139 Å². The summed E-state index contributed by atoms with van der Waals surface area (Å²) >= 11 is 5.99. The number of hydrogen-bond acceptors (Lipinski definition) is 3. The summed E-state index contributed by atoms with van der Waals surface area (Å²) in [7, 11) is 0. The number of ether oxygens (including phenoxy) is 1. The van der Waals surface area contributed by atoms with Gasteiger partial charge in [-0.15, -0.1) is 0 Å². The van der Waals surface area contributed by atoms with Gasteiger partial charge in [0.1, 0.15) is 17.9 Å². The molecule has 0 bridgehead atoms. The second-order valence-electron chi connectivity index (χ2n) is 4.92. The molecule has 23 heavy (non-hydrogen) atoms. The standard InChI is InChI=1S/C18H15ClN2O2/c19-15-8-2-1-7-14(15)18(22)21-11-12-23-16-9-3-5-13-6-4-10-20-17(13)16/h1-10H,11-12H2,(H,21,22). The van der Waals surface area contributed by atoms with Crippen LogP contribution in [0.4, 0.5) is 0 Å². The minimum atomic E-state index is -0.213. The van der Waals surface area contributed by atoms with Crippen LogP contribution < -0.4 is 10.1 Å². The van der Waals surface area contributed by atoms with Crippen molar-refractivity contribution in [3.05, 3.63) is 71.4 Å². The fourth-order valence-corrected chi connectivity index (χ4v) is 2.48. The summed E-state index contributed by atoms with van der Waals surface area (Å²) in [5.74, 6) is 0.491. The maximum Gasteiger partial charge on any atom is 0.252 e. The molecule has 0 spiro atoms. The van der Waals surface area contributed by atoms with Crippen LogP contribution in [0.2, 0.25) is 5.02 Å². The van der Waals surface area contributed by atoms with E-state index >= 15 is 0 Å². The fraction of sp³-hybridized carbons (Fsp3) is 0.111. The largest absolute Gasteiger partial charge is 0.489 e. The number of aromatic nitrogens is 1. The van der Waals surface area contributed by atoms with Crippen LogP contribution in [0.1, 0.15) is 10.4 Å². The molecule has 0 saturated heterocycles. The highest BCUT2D eigenvalue weighted by molar-refractivity contribution is 6.33. The van der Waals surface area contributed by atoms with Gasteiger partial charge in [0.05, 0.1) is 17.1 Å². The molecule has 5 heteroatoms. The van der Waals surface area contributed by atoms with Crippen molar-refractivity contribution in [2.45, 2.75) is 0 Å². The number of para-hydroxylation sites is 1. The predicted octanol–water partition coefficient (Wildman–Crippen LogP) is 3.70. The summed E-state index contributed by atoms with van der Waals surface area (Å²) in [6.45, 7) is 0.735. The molecular weight excluding hydrogens is 312 g/mol. The van der Waals surface area contributed by atoms with Crippen LogP contribution in [0, 0.1) is 0 Å². The van der Waals surface area contributed by atoms with Gasteiger partial charge >= 0.3 is 0 Å². The van der Waals surface area contributed by atoms with Crippen molar-refractivity contribution in [3.63, 3.8) is 0 Å². The van der Waals surface area contributed by atoms with Crippen LogP contribution in [-0.2, 0) is 0 Å². The number of carbonyl (C=O) groups is 1. The lowest BCUT2D eigenvalue weighted by Crippen LogP contribution is -2.28. The monoisotopic (exact) mass is 326 g/mol. The topological polar surface area (TPSA) is 51.2 Å². The summed E-state index contributed by atoms with van der Waals surface area (Å²) in [5.41, 5.74) is 1.27. The Morgan fingerprint density at radius 1 is 1.09 bits per heavy atom. The molecule has 0 aliphatic carbocycles. The Balaban J connectivity index is 1.57. The molecule has 0 saturated carbocycles. The van der Waals surface area contributed by atoms with Gasteiger partial charge in [-0.05, 0) is 24.3 Å². The van der Waals surface area contributed by atoms with Crippen LogP contribution in [-0.4, -0.2) is 24.0 Å². The summed E-state index contributed by atoms with van der Waals surface area (Å²) < 4.78 is 5.73. The molecule has 1 heterocycles. The Morgan fingerprint density at radius 3 is 2.78 bits per heavy atom. The summed E-state index contributed by atoms with van der Waals surface area (Å²) in [6.07, 6.45) is 1.73. The molecule has 0 fully saturated rings.